The first kappa shape index (κ1) is 21.3. The highest BCUT2D eigenvalue weighted by atomic mass is 32.2. The molecule has 1 aliphatic rings. The van der Waals surface area contributed by atoms with E-state index in [1.54, 1.807) is 11.1 Å². The summed E-state index contributed by atoms with van der Waals surface area (Å²) >= 11 is 0. The van der Waals surface area contributed by atoms with Crippen molar-refractivity contribution in [1.82, 2.24) is 5.01 Å². The molecule has 1 fully saturated rings. The molecule has 158 valence electrons. The van der Waals surface area contributed by atoms with Crippen LogP contribution in [-0.4, -0.2) is 33.6 Å². The Morgan fingerprint density at radius 2 is 1.72 bits per heavy atom. The number of hydrogen-bond acceptors (Lipinski definition) is 5. The average Bonchev–Trinajstić information content (AvgIpc) is 2.67. The monoisotopic (exact) mass is 429 g/mol. The van der Waals surface area contributed by atoms with Crippen LogP contribution in [0.15, 0.2) is 47.4 Å². The first-order valence-electron chi connectivity index (χ1n) is 9.09. The van der Waals surface area contributed by atoms with Crippen LogP contribution in [0, 0.1) is 0 Å². The maximum atomic E-state index is 13.4. The number of nitrogens with zero attached hydrogens (tertiary/aromatic N) is 1. The SMILES string of the molecule is COc1ccccc1S(=O)(=O)Nc1ccc(C(F)(F)F)c(NN2CCCCC2)c1. The molecule has 1 aliphatic heterocycles. The number of anilines is 2. The Bertz CT molecular complexity index is 959. The summed E-state index contributed by atoms with van der Waals surface area (Å²) in [5.41, 5.74) is 1.76. The molecule has 0 atom stereocenters. The predicted octanol–water partition coefficient (Wildman–Crippen LogP) is 4.33. The molecule has 0 aliphatic carbocycles. The molecule has 1 saturated heterocycles. The van der Waals surface area contributed by atoms with Crippen LogP contribution in [0.2, 0.25) is 0 Å². The van der Waals surface area contributed by atoms with E-state index in [4.69, 9.17) is 4.74 Å². The minimum Gasteiger partial charge on any atom is -0.495 e. The van der Waals surface area contributed by atoms with Crippen molar-refractivity contribution in [1.29, 1.82) is 0 Å². The third kappa shape index (κ3) is 5.13. The Morgan fingerprint density at radius 3 is 2.38 bits per heavy atom. The first-order valence-corrected chi connectivity index (χ1v) is 10.6. The van der Waals surface area contributed by atoms with E-state index in [2.05, 4.69) is 10.1 Å². The third-order valence-corrected chi connectivity index (χ3v) is 5.99. The molecule has 2 N–H and O–H groups in total. The van der Waals surface area contributed by atoms with E-state index in [-0.39, 0.29) is 22.0 Å². The van der Waals surface area contributed by atoms with E-state index >= 15 is 0 Å². The Kier molecular flexibility index (Phi) is 6.23. The molecule has 2 aromatic carbocycles. The smallest absolute Gasteiger partial charge is 0.418 e. The van der Waals surface area contributed by atoms with E-state index in [1.165, 1.54) is 25.3 Å². The second-order valence-corrected chi connectivity index (χ2v) is 8.32. The molecule has 0 bridgehead atoms. The quantitative estimate of drug-likeness (QED) is 0.715. The molecular formula is C19H22F3N3O3S. The van der Waals surface area contributed by atoms with Crippen molar-refractivity contribution in [2.45, 2.75) is 30.3 Å². The van der Waals surface area contributed by atoms with Gasteiger partial charge < -0.3 is 10.2 Å². The number of methoxy groups -OCH3 is 1. The maximum Gasteiger partial charge on any atom is 0.418 e. The van der Waals surface area contributed by atoms with Gasteiger partial charge in [-0.1, -0.05) is 18.6 Å². The minimum absolute atomic E-state index is 0.0171. The zero-order valence-electron chi connectivity index (χ0n) is 15.8. The highest BCUT2D eigenvalue weighted by molar-refractivity contribution is 7.92. The van der Waals surface area contributed by atoms with Crippen LogP contribution >= 0.6 is 0 Å². The van der Waals surface area contributed by atoms with Crippen LogP contribution in [0.5, 0.6) is 5.75 Å². The average molecular weight is 429 g/mol. The molecule has 6 nitrogen and oxygen atoms in total. The van der Waals surface area contributed by atoms with Crippen molar-refractivity contribution in [3.05, 3.63) is 48.0 Å². The summed E-state index contributed by atoms with van der Waals surface area (Å²) in [6.07, 6.45) is -1.77. The third-order valence-electron chi connectivity index (χ3n) is 4.57. The molecule has 0 radical (unpaired) electrons. The lowest BCUT2D eigenvalue weighted by molar-refractivity contribution is -0.137. The number of para-hydroxylation sites is 1. The van der Waals surface area contributed by atoms with Gasteiger partial charge in [-0.2, -0.15) is 13.2 Å². The van der Waals surface area contributed by atoms with Crippen molar-refractivity contribution in [2.24, 2.45) is 0 Å². The molecule has 0 aromatic heterocycles. The summed E-state index contributed by atoms with van der Waals surface area (Å²) in [6.45, 7) is 1.24. The number of nitrogens with one attached hydrogen (secondary N) is 2. The summed E-state index contributed by atoms with van der Waals surface area (Å²) in [5.74, 6) is 0.138. The van der Waals surface area contributed by atoms with Crippen LogP contribution in [0.25, 0.3) is 0 Å². The Labute approximate surface area is 167 Å². The fourth-order valence-electron chi connectivity index (χ4n) is 3.17. The molecule has 0 amide bonds. The molecule has 1 heterocycles. The minimum atomic E-state index is -4.57. The van der Waals surface area contributed by atoms with Gasteiger partial charge in [0.25, 0.3) is 10.0 Å². The van der Waals surface area contributed by atoms with Crippen molar-refractivity contribution < 1.29 is 26.3 Å². The van der Waals surface area contributed by atoms with Gasteiger partial charge in [-0.25, -0.2) is 13.4 Å². The standard InChI is InChI=1S/C19H22F3N3O3S/c1-28-17-7-3-4-8-18(17)29(26,27)24-14-9-10-15(19(20,21)22)16(13-14)23-25-11-5-2-6-12-25/h3-4,7-10,13,23-24H,2,5-6,11-12H2,1H3. The van der Waals surface area contributed by atoms with Crippen molar-refractivity contribution in [3.63, 3.8) is 0 Å². The van der Waals surface area contributed by atoms with Crippen LogP contribution in [0.4, 0.5) is 24.5 Å². The number of piperidine rings is 1. The zero-order valence-corrected chi connectivity index (χ0v) is 16.6. The van der Waals surface area contributed by atoms with Crippen molar-refractivity contribution in [2.75, 3.05) is 30.3 Å². The van der Waals surface area contributed by atoms with Crippen LogP contribution < -0.4 is 14.9 Å². The molecule has 29 heavy (non-hydrogen) atoms. The van der Waals surface area contributed by atoms with E-state index in [1.807, 2.05) is 0 Å². The number of sulfonamides is 1. The number of hydrazine groups is 1. The second-order valence-electron chi connectivity index (χ2n) is 6.67. The van der Waals surface area contributed by atoms with Crippen molar-refractivity contribution >= 4 is 21.4 Å². The lowest BCUT2D eigenvalue weighted by atomic mass is 10.1. The molecular weight excluding hydrogens is 407 g/mol. The van der Waals surface area contributed by atoms with E-state index in [9.17, 15) is 21.6 Å². The number of benzene rings is 2. The van der Waals surface area contributed by atoms with Crippen molar-refractivity contribution in [3.8, 4) is 5.75 Å². The maximum absolute atomic E-state index is 13.4. The predicted molar refractivity (Wildman–Crippen MR) is 104 cm³/mol. The van der Waals surface area contributed by atoms with Gasteiger partial charge in [-0.05, 0) is 43.2 Å². The number of rotatable bonds is 6. The lowest BCUT2D eigenvalue weighted by Gasteiger charge is -2.29. The summed E-state index contributed by atoms with van der Waals surface area (Å²) in [6, 6.07) is 9.13. The molecule has 0 saturated carbocycles. The van der Waals surface area contributed by atoms with Gasteiger partial charge >= 0.3 is 6.18 Å². The van der Waals surface area contributed by atoms with Gasteiger partial charge in [0.15, 0.2) is 0 Å². The summed E-state index contributed by atoms with van der Waals surface area (Å²) in [4.78, 5) is -0.104. The normalized spacial score (nSPS) is 15.7. The molecule has 2 aromatic rings. The van der Waals surface area contributed by atoms with E-state index in [0.717, 1.165) is 37.5 Å². The van der Waals surface area contributed by atoms with Crippen LogP contribution in [-0.2, 0) is 16.2 Å². The molecule has 3 rings (SSSR count). The fourth-order valence-corrected chi connectivity index (χ4v) is 4.40. The van der Waals surface area contributed by atoms with Gasteiger partial charge in [-0.15, -0.1) is 0 Å². The largest absolute Gasteiger partial charge is 0.495 e. The number of alkyl halides is 3. The highest BCUT2D eigenvalue weighted by Gasteiger charge is 2.34. The van der Waals surface area contributed by atoms with Gasteiger partial charge in [0.1, 0.15) is 10.6 Å². The van der Waals surface area contributed by atoms with Gasteiger partial charge in [0.05, 0.1) is 24.0 Å². The summed E-state index contributed by atoms with van der Waals surface area (Å²) in [7, 11) is -2.71. The van der Waals surface area contributed by atoms with E-state index in [0.29, 0.717) is 13.1 Å². The van der Waals surface area contributed by atoms with Crippen LogP contribution in [0.1, 0.15) is 24.8 Å². The van der Waals surface area contributed by atoms with E-state index < -0.39 is 21.8 Å². The Hall–Kier alpha value is -2.46. The van der Waals surface area contributed by atoms with Gasteiger partial charge in [-0.3, -0.25) is 4.72 Å². The Balaban J connectivity index is 1.92. The second kappa shape index (κ2) is 8.50. The Morgan fingerprint density at radius 1 is 1.03 bits per heavy atom. The lowest BCUT2D eigenvalue weighted by Crippen LogP contribution is -2.35. The van der Waals surface area contributed by atoms with Gasteiger partial charge in [0, 0.05) is 13.1 Å². The van der Waals surface area contributed by atoms with Gasteiger partial charge in [0.2, 0.25) is 0 Å². The van der Waals surface area contributed by atoms with Crippen LogP contribution in [0.3, 0.4) is 0 Å². The topological polar surface area (TPSA) is 70.7 Å². The summed E-state index contributed by atoms with van der Waals surface area (Å²) in [5, 5.41) is 1.71. The molecule has 0 unspecified atom stereocenters. The molecule has 0 spiro atoms. The summed E-state index contributed by atoms with van der Waals surface area (Å²) < 4.78 is 73.1. The molecule has 10 heteroatoms. The number of hydrogen-bond donors (Lipinski definition) is 2. The zero-order chi connectivity index (χ0) is 21.1. The fraction of sp³-hybridized carbons (Fsp3) is 0.368. The number of halogens is 3. The highest BCUT2D eigenvalue weighted by Crippen LogP contribution is 2.37. The number of ether oxygens (including phenoxy) is 1. The first-order chi connectivity index (χ1) is 13.7.